The van der Waals surface area contributed by atoms with Gasteiger partial charge in [-0.25, -0.2) is 9.97 Å². The molecule has 1 fully saturated rings. The monoisotopic (exact) mass is 480 g/mol. The second-order valence-corrected chi connectivity index (χ2v) is 9.82. The Labute approximate surface area is 204 Å². The molecule has 34 heavy (non-hydrogen) atoms. The zero-order valence-corrected chi connectivity index (χ0v) is 20.7. The van der Waals surface area contributed by atoms with Gasteiger partial charge in [0, 0.05) is 55.4 Å². The van der Waals surface area contributed by atoms with Gasteiger partial charge < -0.3 is 15.0 Å². The predicted octanol–water partition coefficient (Wildman–Crippen LogP) is 3.98. The molecule has 178 valence electrons. The Morgan fingerprint density at radius 3 is 2.85 bits per heavy atom. The third kappa shape index (κ3) is 4.00. The minimum Gasteiger partial charge on any atom is -0.481 e. The summed E-state index contributed by atoms with van der Waals surface area (Å²) in [7, 11) is 3.47. The van der Waals surface area contributed by atoms with E-state index >= 15 is 0 Å². The minimum atomic E-state index is -0.377. The molecule has 8 nitrogen and oxygen atoms in total. The highest BCUT2D eigenvalue weighted by atomic mass is 35.5. The summed E-state index contributed by atoms with van der Waals surface area (Å²) in [5, 5.41) is 8.48. The number of nitrogens with zero attached hydrogens (tertiary/aromatic N) is 5. The van der Waals surface area contributed by atoms with Crippen LogP contribution in [0.2, 0.25) is 5.02 Å². The van der Waals surface area contributed by atoms with E-state index < -0.39 is 0 Å². The van der Waals surface area contributed by atoms with E-state index in [1.807, 2.05) is 42.9 Å². The van der Waals surface area contributed by atoms with Crippen molar-refractivity contribution in [1.29, 1.82) is 0 Å². The molecule has 5 heterocycles. The first-order chi connectivity index (χ1) is 16.3. The number of carbonyl (C=O) groups is 1. The number of methoxy groups -OCH3 is 1. The van der Waals surface area contributed by atoms with Crippen molar-refractivity contribution >= 4 is 23.3 Å². The van der Waals surface area contributed by atoms with E-state index in [1.54, 1.807) is 19.4 Å². The van der Waals surface area contributed by atoms with Crippen molar-refractivity contribution in [2.75, 3.05) is 25.5 Å². The zero-order chi connectivity index (χ0) is 24.0. The molecule has 2 aliphatic heterocycles. The summed E-state index contributed by atoms with van der Waals surface area (Å²) in [6.45, 7) is 5.28. The minimum absolute atomic E-state index is 0.0655. The van der Waals surface area contributed by atoms with Crippen molar-refractivity contribution in [3.8, 4) is 17.0 Å². The van der Waals surface area contributed by atoms with Crippen LogP contribution < -0.4 is 10.1 Å². The average Bonchev–Trinajstić information content (AvgIpc) is 3.44. The topological polar surface area (TPSA) is 85.2 Å². The van der Waals surface area contributed by atoms with Gasteiger partial charge in [-0.15, -0.1) is 0 Å². The molecule has 1 spiro atoms. The maximum Gasteiger partial charge on any atom is 0.229 e. The number of nitrogens with one attached hydrogen (secondary N) is 1. The second-order valence-electron chi connectivity index (χ2n) is 9.42. The molecule has 0 saturated carbocycles. The van der Waals surface area contributed by atoms with E-state index in [0.29, 0.717) is 24.0 Å². The van der Waals surface area contributed by atoms with Gasteiger partial charge in [0.15, 0.2) is 0 Å². The van der Waals surface area contributed by atoms with Crippen LogP contribution in [-0.2, 0) is 18.3 Å². The summed E-state index contributed by atoms with van der Waals surface area (Å²) in [5.74, 6) is 1.07. The fraction of sp³-hybridized carbons (Fsp3) is 0.440. The van der Waals surface area contributed by atoms with Gasteiger partial charge in [0.2, 0.25) is 11.8 Å². The molecule has 0 bridgehead atoms. The smallest absolute Gasteiger partial charge is 0.229 e. The third-order valence-corrected chi connectivity index (χ3v) is 7.45. The zero-order valence-electron chi connectivity index (χ0n) is 19.9. The second kappa shape index (κ2) is 8.58. The molecule has 0 radical (unpaired) electrons. The van der Waals surface area contributed by atoms with Crippen molar-refractivity contribution in [2.45, 2.75) is 44.6 Å². The van der Waals surface area contributed by atoms with E-state index in [-0.39, 0.29) is 17.4 Å². The number of aromatic nitrogens is 4. The molecule has 0 aromatic carbocycles. The molecule has 9 heteroatoms. The van der Waals surface area contributed by atoms with E-state index in [2.05, 4.69) is 21.5 Å². The Hall–Kier alpha value is -3.13. The van der Waals surface area contributed by atoms with Crippen LogP contribution in [0.25, 0.3) is 11.1 Å². The number of halogens is 1. The first-order valence-corrected chi connectivity index (χ1v) is 11.9. The highest BCUT2D eigenvalue weighted by molar-refractivity contribution is 6.31. The molecule has 2 aliphatic rings. The van der Waals surface area contributed by atoms with Crippen LogP contribution in [0.3, 0.4) is 0 Å². The number of fused-ring (bicyclic) bond motifs is 1. The number of anilines is 1. The Morgan fingerprint density at radius 1 is 1.29 bits per heavy atom. The fourth-order valence-corrected chi connectivity index (χ4v) is 5.40. The number of amides is 1. The Balaban J connectivity index is 1.33. The summed E-state index contributed by atoms with van der Waals surface area (Å²) in [6.07, 6.45) is 8.20. The van der Waals surface area contributed by atoms with Crippen molar-refractivity contribution in [3.63, 3.8) is 0 Å². The standard InChI is InChI=1S/C25H29ClN6O2/c1-15(19-10-22(34-4)27-12-21(19)26)24(33)32-8-7-25(14-32)6-5-17-9-20(16(2)29-23(17)30-25)18-11-28-31(3)13-18/h9-13,15H,5-8,14H2,1-4H3,(H,29,30)/t15-,25?/m1/s1. The molecule has 3 aromatic heterocycles. The number of carbonyl (C=O) groups excluding carboxylic acids is 1. The Morgan fingerprint density at radius 2 is 2.12 bits per heavy atom. The number of ether oxygens (including phenoxy) is 1. The molecule has 1 amide bonds. The molecule has 1 N–H and O–H groups in total. The number of hydrogen-bond donors (Lipinski definition) is 1. The number of hydrogen-bond acceptors (Lipinski definition) is 6. The highest BCUT2D eigenvalue weighted by Crippen LogP contribution is 2.39. The fourth-order valence-electron chi connectivity index (χ4n) is 5.14. The molecule has 1 saturated heterocycles. The molecule has 5 rings (SSSR count). The first kappa shape index (κ1) is 22.7. The lowest BCUT2D eigenvalue weighted by Gasteiger charge is -2.36. The average molecular weight is 481 g/mol. The highest BCUT2D eigenvalue weighted by Gasteiger charge is 2.43. The van der Waals surface area contributed by atoms with Crippen molar-refractivity contribution in [2.24, 2.45) is 7.05 Å². The van der Waals surface area contributed by atoms with Gasteiger partial charge in [0.05, 0.1) is 29.8 Å². The van der Waals surface area contributed by atoms with Crippen LogP contribution in [0.1, 0.15) is 42.5 Å². The molecular weight excluding hydrogens is 452 g/mol. The van der Waals surface area contributed by atoms with Crippen LogP contribution in [0.5, 0.6) is 5.88 Å². The molecule has 0 aliphatic carbocycles. The van der Waals surface area contributed by atoms with Crippen LogP contribution in [0.4, 0.5) is 5.82 Å². The first-order valence-electron chi connectivity index (χ1n) is 11.5. The summed E-state index contributed by atoms with van der Waals surface area (Å²) >= 11 is 6.36. The van der Waals surface area contributed by atoms with Gasteiger partial charge in [-0.1, -0.05) is 11.6 Å². The molecule has 1 unspecified atom stereocenters. The number of likely N-dealkylation sites (tertiary alicyclic amines) is 1. The SMILES string of the molecule is COc1cc([C@@H](C)C(=O)N2CCC3(CCc4cc(-c5cnn(C)c5)c(C)nc4N3)C2)c(Cl)cn1. The van der Waals surface area contributed by atoms with E-state index in [1.165, 1.54) is 5.56 Å². The van der Waals surface area contributed by atoms with Crippen LogP contribution >= 0.6 is 11.6 Å². The number of pyridine rings is 2. The summed E-state index contributed by atoms with van der Waals surface area (Å²) < 4.78 is 7.03. The van der Waals surface area contributed by atoms with E-state index in [0.717, 1.165) is 47.5 Å². The maximum absolute atomic E-state index is 13.4. The lowest BCUT2D eigenvalue weighted by atomic mass is 9.86. The molecular formula is C25H29ClN6O2. The third-order valence-electron chi connectivity index (χ3n) is 7.14. The van der Waals surface area contributed by atoms with Crippen molar-refractivity contribution < 1.29 is 9.53 Å². The maximum atomic E-state index is 13.4. The van der Waals surface area contributed by atoms with Crippen molar-refractivity contribution in [3.05, 3.63) is 52.6 Å². The van der Waals surface area contributed by atoms with Gasteiger partial charge >= 0.3 is 0 Å². The normalized spacial score (nSPS) is 20.2. The Kier molecular flexibility index (Phi) is 5.72. The van der Waals surface area contributed by atoms with Gasteiger partial charge in [-0.2, -0.15) is 5.10 Å². The van der Waals surface area contributed by atoms with Gasteiger partial charge in [-0.3, -0.25) is 9.48 Å². The van der Waals surface area contributed by atoms with Crippen LogP contribution in [0.15, 0.2) is 30.7 Å². The quantitative estimate of drug-likeness (QED) is 0.608. The van der Waals surface area contributed by atoms with E-state index in [4.69, 9.17) is 21.3 Å². The lowest BCUT2D eigenvalue weighted by molar-refractivity contribution is -0.131. The number of aryl methyl sites for hydroxylation is 3. The Bertz CT molecular complexity index is 1260. The lowest BCUT2D eigenvalue weighted by Crippen LogP contribution is -2.46. The van der Waals surface area contributed by atoms with E-state index in [9.17, 15) is 4.79 Å². The van der Waals surface area contributed by atoms with Gasteiger partial charge in [0.1, 0.15) is 5.82 Å². The number of rotatable bonds is 4. The molecule has 2 atom stereocenters. The predicted molar refractivity (Wildman–Crippen MR) is 131 cm³/mol. The molecule has 3 aromatic rings. The van der Waals surface area contributed by atoms with Gasteiger partial charge in [0.25, 0.3) is 0 Å². The van der Waals surface area contributed by atoms with Crippen molar-refractivity contribution in [1.82, 2.24) is 24.6 Å². The van der Waals surface area contributed by atoms with Crippen LogP contribution in [-0.4, -0.2) is 56.3 Å². The summed E-state index contributed by atoms with van der Waals surface area (Å²) in [4.78, 5) is 24.4. The van der Waals surface area contributed by atoms with Crippen LogP contribution in [0, 0.1) is 6.92 Å². The summed E-state index contributed by atoms with van der Waals surface area (Å²) in [6, 6.07) is 3.98. The van der Waals surface area contributed by atoms with Gasteiger partial charge in [-0.05, 0) is 50.3 Å². The summed E-state index contributed by atoms with van der Waals surface area (Å²) in [5.41, 5.74) is 4.96. The largest absolute Gasteiger partial charge is 0.481 e.